The third kappa shape index (κ3) is 8.47. The van der Waals surface area contributed by atoms with Gasteiger partial charge in [0, 0.05) is 18.3 Å². The van der Waals surface area contributed by atoms with Crippen LogP contribution < -0.4 is 10.6 Å². The summed E-state index contributed by atoms with van der Waals surface area (Å²) in [5, 5.41) is 17.7. The maximum Gasteiger partial charge on any atom is 0.191 e. The predicted molar refractivity (Wildman–Crippen MR) is 131 cm³/mol. The summed E-state index contributed by atoms with van der Waals surface area (Å²) in [5.41, 5.74) is 0.550. The molecule has 0 spiro atoms. The Morgan fingerprint density at radius 2 is 2.07 bits per heavy atom. The maximum atomic E-state index is 10.7. The second kappa shape index (κ2) is 13.7. The van der Waals surface area contributed by atoms with Crippen molar-refractivity contribution in [2.24, 2.45) is 10.9 Å². The zero-order valence-electron chi connectivity index (χ0n) is 17.3. The summed E-state index contributed by atoms with van der Waals surface area (Å²) in [6, 6.07) is 10.2. The van der Waals surface area contributed by atoms with E-state index in [1.807, 2.05) is 30.0 Å². The minimum Gasteiger partial charge on any atom is -0.387 e. The number of aliphatic imine (C=N–C) groups is 1. The van der Waals surface area contributed by atoms with E-state index >= 15 is 0 Å². The summed E-state index contributed by atoms with van der Waals surface area (Å²) in [6.07, 6.45) is 1.93. The van der Waals surface area contributed by atoms with E-state index in [2.05, 4.69) is 48.5 Å². The van der Waals surface area contributed by atoms with Crippen molar-refractivity contribution in [2.75, 3.05) is 32.0 Å². The molecule has 3 N–H and O–H groups in total. The highest BCUT2D eigenvalue weighted by atomic mass is 127. The van der Waals surface area contributed by atoms with E-state index in [9.17, 15) is 5.11 Å². The number of nitrogens with zero attached hydrogens (tertiary/aromatic N) is 1. The van der Waals surface area contributed by atoms with E-state index < -0.39 is 5.60 Å². The second-order valence-corrected chi connectivity index (χ2v) is 8.75. The SMILES string of the molecule is CCNC(=NCC1(O)CCC1SCC)NCC(C)COCc1ccccc1.I. The van der Waals surface area contributed by atoms with E-state index in [-0.39, 0.29) is 24.0 Å². The summed E-state index contributed by atoms with van der Waals surface area (Å²) >= 11 is 1.84. The summed E-state index contributed by atoms with van der Waals surface area (Å²) in [4.78, 5) is 4.63. The van der Waals surface area contributed by atoms with Gasteiger partial charge in [-0.2, -0.15) is 11.8 Å². The molecule has 3 atom stereocenters. The molecule has 0 aliphatic heterocycles. The normalized spacial score (nSPS) is 22.7. The first kappa shape index (κ1) is 25.5. The number of thioether (sulfide) groups is 1. The number of halogens is 1. The Morgan fingerprint density at radius 3 is 2.68 bits per heavy atom. The molecule has 0 heterocycles. The van der Waals surface area contributed by atoms with Crippen molar-refractivity contribution in [3.63, 3.8) is 0 Å². The van der Waals surface area contributed by atoms with Gasteiger partial charge < -0.3 is 20.5 Å². The van der Waals surface area contributed by atoms with Gasteiger partial charge in [-0.05, 0) is 37.0 Å². The predicted octanol–water partition coefficient (Wildman–Crippen LogP) is 3.66. The lowest BCUT2D eigenvalue weighted by Gasteiger charge is -2.44. The summed E-state index contributed by atoms with van der Waals surface area (Å²) in [5.74, 6) is 2.18. The molecule has 1 aliphatic rings. The van der Waals surface area contributed by atoms with Gasteiger partial charge >= 0.3 is 0 Å². The average Bonchev–Trinajstić information content (AvgIpc) is 2.68. The Labute approximate surface area is 191 Å². The Balaban J connectivity index is 0.00000392. The van der Waals surface area contributed by atoms with Crippen molar-refractivity contribution >= 4 is 41.7 Å². The van der Waals surface area contributed by atoms with E-state index in [1.165, 1.54) is 5.56 Å². The summed E-state index contributed by atoms with van der Waals surface area (Å²) in [6.45, 7) is 9.73. The van der Waals surface area contributed by atoms with Crippen LogP contribution in [0.25, 0.3) is 0 Å². The lowest BCUT2D eigenvalue weighted by Crippen LogP contribution is -2.53. The van der Waals surface area contributed by atoms with Gasteiger partial charge in [0.1, 0.15) is 0 Å². The number of hydrogen-bond donors (Lipinski definition) is 3. The number of guanidine groups is 1. The van der Waals surface area contributed by atoms with Crippen LogP contribution in [0.1, 0.15) is 39.2 Å². The fraction of sp³-hybridized carbons (Fsp3) is 0.667. The number of aliphatic hydroxyl groups is 1. The second-order valence-electron chi connectivity index (χ2n) is 7.27. The van der Waals surface area contributed by atoms with Gasteiger partial charge in [0.05, 0.1) is 25.4 Å². The Bertz CT molecular complexity index is 576. The van der Waals surface area contributed by atoms with Crippen LogP contribution in [0.5, 0.6) is 0 Å². The van der Waals surface area contributed by atoms with Crippen LogP contribution in [0.2, 0.25) is 0 Å². The molecule has 5 nitrogen and oxygen atoms in total. The van der Waals surface area contributed by atoms with E-state index in [1.54, 1.807) is 0 Å². The van der Waals surface area contributed by atoms with Crippen LogP contribution in [0, 0.1) is 5.92 Å². The Kier molecular flexibility index (Phi) is 12.5. The molecular weight excluding hydrogens is 485 g/mol. The van der Waals surface area contributed by atoms with Crippen LogP contribution in [0.4, 0.5) is 0 Å². The highest BCUT2D eigenvalue weighted by Crippen LogP contribution is 2.41. The van der Waals surface area contributed by atoms with Crippen molar-refractivity contribution in [1.82, 2.24) is 10.6 Å². The molecule has 7 heteroatoms. The number of rotatable bonds is 11. The number of hydrogen-bond acceptors (Lipinski definition) is 4. The summed E-state index contributed by atoms with van der Waals surface area (Å²) in [7, 11) is 0. The minimum atomic E-state index is -0.645. The first-order valence-corrected chi connectivity index (χ1v) is 11.1. The van der Waals surface area contributed by atoms with Crippen LogP contribution in [-0.2, 0) is 11.3 Å². The number of nitrogens with one attached hydrogen (secondary N) is 2. The highest BCUT2D eigenvalue weighted by molar-refractivity contribution is 14.0. The average molecular weight is 522 g/mol. The van der Waals surface area contributed by atoms with Crippen LogP contribution >= 0.6 is 35.7 Å². The van der Waals surface area contributed by atoms with Gasteiger partial charge in [-0.1, -0.05) is 44.2 Å². The van der Waals surface area contributed by atoms with E-state index in [4.69, 9.17) is 4.74 Å². The van der Waals surface area contributed by atoms with Crippen molar-refractivity contribution in [3.05, 3.63) is 35.9 Å². The molecule has 1 saturated carbocycles. The van der Waals surface area contributed by atoms with E-state index in [0.717, 1.165) is 37.6 Å². The molecule has 0 bridgehead atoms. The van der Waals surface area contributed by atoms with Crippen LogP contribution in [-0.4, -0.2) is 53.9 Å². The molecule has 0 radical (unpaired) electrons. The van der Waals surface area contributed by atoms with Gasteiger partial charge in [-0.25, -0.2) is 0 Å². The molecule has 1 aromatic rings. The third-order valence-electron chi connectivity index (χ3n) is 4.79. The molecule has 0 saturated heterocycles. The molecule has 0 aromatic heterocycles. The zero-order chi connectivity index (χ0) is 19.5. The lowest BCUT2D eigenvalue weighted by atomic mass is 9.79. The highest BCUT2D eigenvalue weighted by Gasteiger charge is 2.45. The first-order chi connectivity index (χ1) is 13.1. The molecule has 160 valence electrons. The molecule has 1 fully saturated rings. The van der Waals surface area contributed by atoms with Gasteiger partial charge in [0.15, 0.2) is 5.96 Å². The first-order valence-electron chi connectivity index (χ1n) is 10.0. The third-order valence-corrected chi connectivity index (χ3v) is 6.20. The van der Waals surface area contributed by atoms with Crippen molar-refractivity contribution < 1.29 is 9.84 Å². The molecule has 1 aromatic carbocycles. The Hall–Kier alpha value is -0.510. The van der Waals surface area contributed by atoms with Crippen molar-refractivity contribution in [2.45, 2.75) is 51.1 Å². The monoisotopic (exact) mass is 521 g/mol. The standard InChI is InChI=1S/C21H35N3O2S.HI/c1-4-22-20(24-16-21(25)12-11-19(21)27-5-2)23-13-17(3)14-26-15-18-9-7-6-8-10-18;/h6-10,17,19,25H,4-5,11-16H2,1-3H3,(H2,22,23,24);1H. The largest absolute Gasteiger partial charge is 0.387 e. The van der Waals surface area contributed by atoms with Crippen LogP contribution in [0.3, 0.4) is 0 Å². The minimum absolute atomic E-state index is 0. The lowest BCUT2D eigenvalue weighted by molar-refractivity contribution is -0.0154. The smallest absolute Gasteiger partial charge is 0.191 e. The summed E-state index contributed by atoms with van der Waals surface area (Å²) < 4.78 is 5.81. The van der Waals surface area contributed by atoms with E-state index in [0.29, 0.717) is 30.9 Å². The fourth-order valence-corrected chi connectivity index (χ4v) is 4.25. The van der Waals surface area contributed by atoms with Crippen LogP contribution in [0.15, 0.2) is 35.3 Å². The molecule has 1 aliphatic carbocycles. The molecule has 0 amide bonds. The van der Waals surface area contributed by atoms with Crippen molar-refractivity contribution in [3.8, 4) is 0 Å². The van der Waals surface area contributed by atoms with Gasteiger partial charge in [-0.3, -0.25) is 4.99 Å². The van der Waals surface area contributed by atoms with Gasteiger partial charge in [-0.15, -0.1) is 24.0 Å². The molecule has 28 heavy (non-hydrogen) atoms. The maximum absolute atomic E-state index is 10.7. The molecular formula is C21H36IN3O2S. The quantitative estimate of drug-likeness (QED) is 0.236. The van der Waals surface area contributed by atoms with Gasteiger partial charge in [0.2, 0.25) is 0 Å². The fourth-order valence-electron chi connectivity index (χ4n) is 3.06. The van der Waals surface area contributed by atoms with Gasteiger partial charge in [0.25, 0.3) is 0 Å². The topological polar surface area (TPSA) is 65.9 Å². The Morgan fingerprint density at radius 1 is 1.32 bits per heavy atom. The molecule has 2 rings (SSSR count). The number of benzene rings is 1. The molecule has 3 unspecified atom stereocenters. The number of ether oxygens (including phenoxy) is 1. The van der Waals surface area contributed by atoms with Crippen molar-refractivity contribution in [1.29, 1.82) is 0 Å². The zero-order valence-corrected chi connectivity index (χ0v) is 20.5.